The first-order chi connectivity index (χ1) is 17.3. The van der Waals surface area contributed by atoms with Crippen LogP contribution in [0.15, 0.2) is 44.4 Å². The van der Waals surface area contributed by atoms with Gasteiger partial charge in [0.25, 0.3) is 0 Å². The molecule has 1 aliphatic heterocycles. The Morgan fingerprint density at radius 2 is 1.89 bits per heavy atom. The van der Waals surface area contributed by atoms with Gasteiger partial charge >= 0.3 is 11.9 Å². The molecule has 7 aliphatic rings. The highest BCUT2D eigenvalue weighted by molar-refractivity contribution is 9.10. The summed E-state index contributed by atoms with van der Waals surface area (Å²) in [4.78, 5) is 34.7. The number of ether oxygens (including phenoxy) is 1. The standard InChI is InChI=1S/C25H18BrF2N3O4S/c1-2-35-22(32)9-18(7-3-4-8(27)17(28)16(7)26)30-20(21-29-5-6-36-21)31-19(9)24-10-13-11(24)15-12(24)14(10)25(13,15)23(33)34/h3-6,10-15,18H,2H2,1H3,(H,30,31)(H,33,34). The van der Waals surface area contributed by atoms with Crippen LogP contribution in [0.2, 0.25) is 0 Å². The molecule has 2 N–H and O–H groups in total. The zero-order valence-corrected chi connectivity index (χ0v) is 21.1. The number of aliphatic imine (C=N–C) groups is 1. The van der Waals surface area contributed by atoms with E-state index in [2.05, 4.69) is 26.2 Å². The van der Waals surface area contributed by atoms with Gasteiger partial charge in [-0.15, -0.1) is 11.3 Å². The fourth-order valence-corrected chi connectivity index (χ4v) is 10.3. The lowest BCUT2D eigenvalue weighted by molar-refractivity contribution is -0.633. The van der Waals surface area contributed by atoms with Crippen LogP contribution in [0.25, 0.3) is 0 Å². The van der Waals surface area contributed by atoms with E-state index >= 15 is 0 Å². The van der Waals surface area contributed by atoms with Crippen LogP contribution in [-0.4, -0.2) is 34.5 Å². The fourth-order valence-electron chi connectivity index (χ4n) is 9.19. The lowest BCUT2D eigenvalue weighted by atomic mass is 8.92. The average molecular weight is 574 g/mol. The van der Waals surface area contributed by atoms with Crippen LogP contribution in [0.3, 0.4) is 0 Å². The summed E-state index contributed by atoms with van der Waals surface area (Å²) in [6.45, 7) is 1.85. The van der Waals surface area contributed by atoms with Crippen LogP contribution in [0.1, 0.15) is 23.5 Å². The van der Waals surface area contributed by atoms with E-state index in [0.29, 0.717) is 22.1 Å². The number of aliphatic carboxylic acids is 1. The molecule has 2 heterocycles. The number of carbonyl (C=O) groups excluding carboxylic acids is 1. The number of benzene rings is 1. The van der Waals surface area contributed by atoms with Crippen molar-refractivity contribution in [3.05, 3.63) is 61.7 Å². The van der Waals surface area contributed by atoms with Gasteiger partial charge in [-0.1, -0.05) is 6.07 Å². The van der Waals surface area contributed by atoms with Crippen molar-refractivity contribution in [1.29, 1.82) is 0 Å². The Kier molecular flexibility index (Phi) is 3.82. The van der Waals surface area contributed by atoms with Gasteiger partial charge in [-0.3, -0.25) is 9.79 Å². The lowest BCUT2D eigenvalue weighted by Gasteiger charge is -3.10. The maximum Gasteiger partial charge on any atom is 0.338 e. The normalized spacial score (nSPS) is 41.4. The summed E-state index contributed by atoms with van der Waals surface area (Å²) in [5.41, 5.74) is 0.412. The fraction of sp³-hybridized carbons (Fsp3) is 0.440. The number of thiazole rings is 1. The van der Waals surface area contributed by atoms with Crippen LogP contribution in [0.4, 0.5) is 8.78 Å². The Morgan fingerprint density at radius 1 is 1.19 bits per heavy atom. The molecule has 7 nitrogen and oxygen atoms in total. The molecule has 11 heteroatoms. The number of carbonyl (C=O) groups is 2. The minimum atomic E-state index is -1.05. The van der Waals surface area contributed by atoms with Crippen molar-refractivity contribution in [3.63, 3.8) is 0 Å². The highest BCUT2D eigenvalue weighted by atomic mass is 79.9. The van der Waals surface area contributed by atoms with E-state index in [1.54, 1.807) is 13.1 Å². The van der Waals surface area contributed by atoms with Crippen molar-refractivity contribution in [3.8, 4) is 0 Å². The molecule has 0 amide bonds. The summed E-state index contributed by atoms with van der Waals surface area (Å²) < 4.78 is 34.0. The van der Waals surface area contributed by atoms with Crippen molar-refractivity contribution in [2.75, 3.05) is 6.61 Å². The Hall–Kier alpha value is -2.66. The summed E-state index contributed by atoms with van der Waals surface area (Å²) in [5, 5.41) is 15.7. The molecular weight excluding hydrogens is 556 g/mol. The first kappa shape index (κ1) is 21.4. The van der Waals surface area contributed by atoms with Crippen molar-refractivity contribution in [2.45, 2.75) is 13.0 Å². The van der Waals surface area contributed by atoms with E-state index in [0.717, 1.165) is 6.07 Å². The van der Waals surface area contributed by atoms with Gasteiger partial charge in [0.1, 0.15) is 6.04 Å². The van der Waals surface area contributed by atoms with E-state index < -0.39 is 35.0 Å². The molecule has 36 heavy (non-hydrogen) atoms. The molecular formula is C25H18BrF2N3O4S. The van der Waals surface area contributed by atoms with E-state index in [4.69, 9.17) is 9.73 Å². The van der Waals surface area contributed by atoms with E-state index in [1.165, 1.54) is 17.4 Å². The van der Waals surface area contributed by atoms with Gasteiger partial charge in [0, 0.05) is 22.7 Å². The molecule has 9 rings (SSSR count). The first-order valence-electron chi connectivity index (χ1n) is 11.9. The van der Waals surface area contributed by atoms with Crippen LogP contribution in [-0.2, 0) is 14.3 Å². The number of rotatable bonds is 6. The number of carboxylic acid groups (broad SMARTS) is 1. The molecule has 2 aromatic rings. The third-order valence-electron chi connectivity index (χ3n) is 9.97. The minimum absolute atomic E-state index is 0.100. The monoisotopic (exact) mass is 573 g/mol. The quantitative estimate of drug-likeness (QED) is 0.401. The zero-order chi connectivity index (χ0) is 24.9. The number of halogens is 3. The second-order valence-electron chi connectivity index (χ2n) is 10.4. The number of amidine groups is 1. The van der Waals surface area contributed by atoms with Gasteiger partial charge in [-0.2, -0.15) is 0 Å². The molecule has 0 radical (unpaired) electrons. The van der Waals surface area contributed by atoms with Crippen molar-refractivity contribution in [1.82, 2.24) is 10.3 Å². The number of aromatic nitrogens is 1. The molecule has 1 aromatic carbocycles. The smallest absolute Gasteiger partial charge is 0.338 e. The number of hydrogen-bond acceptors (Lipinski definition) is 7. The van der Waals surface area contributed by atoms with E-state index in [-0.39, 0.29) is 57.6 Å². The second-order valence-corrected chi connectivity index (χ2v) is 12.1. The molecule has 1 atom stereocenters. The largest absolute Gasteiger partial charge is 0.481 e. The molecule has 6 saturated carbocycles. The van der Waals surface area contributed by atoms with Crippen LogP contribution in [0.5, 0.6) is 0 Å². The number of hydrogen-bond donors (Lipinski definition) is 2. The van der Waals surface area contributed by atoms with E-state index in [1.807, 2.05) is 5.38 Å². The molecule has 184 valence electrons. The number of nitrogens with zero attached hydrogens (tertiary/aromatic N) is 2. The molecule has 0 spiro atoms. The molecule has 0 bridgehead atoms. The molecule has 6 aliphatic carbocycles. The third kappa shape index (κ3) is 1.87. The summed E-state index contributed by atoms with van der Waals surface area (Å²) in [6.07, 6.45) is 1.65. The number of carboxylic acids is 1. The van der Waals surface area contributed by atoms with E-state index in [9.17, 15) is 23.5 Å². The van der Waals surface area contributed by atoms with Crippen LogP contribution >= 0.6 is 27.3 Å². The highest BCUT2D eigenvalue weighted by Gasteiger charge is 3.12. The minimum Gasteiger partial charge on any atom is -0.481 e. The van der Waals surface area contributed by atoms with Crippen LogP contribution < -0.4 is 5.32 Å². The molecule has 1 unspecified atom stereocenters. The van der Waals surface area contributed by atoms with Gasteiger partial charge < -0.3 is 15.2 Å². The average Bonchev–Trinajstić information content (AvgIpc) is 3.41. The Bertz CT molecular complexity index is 1430. The van der Waals surface area contributed by atoms with Gasteiger partial charge in [-0.25, -0.2) is 18.6 Å². The highest BCUT2D eigenvalue weighted by Crippen LogP contribution is 3.11. The SMILES string of the molecule is CCOC(=O)C1=C(C23C4C5C2C2C3C4C52C(=O)O)NC(c2nccs2)=NC1c1ccc(F)c(F)c1Br. The van der Waals surface area contributed by atoms with Gasteiger partial charge in [0.2, 0.25) is 0 Å². The van der Waals surface area contributed by atoms with Gasteiger partial charge in [-0.05, 0) is 70.0 Å². The maximum absolute atomic E-state index is 14.6. The predicted molar refractivity (Wildman–Crippen MR) is 126 cm³/mol. The number of allylic oxidation sites excluding steroid dienone is 1. The lowest BCUT2D eigenvalue weighted by Crippen LogP contribution is -3.11. The van der Waals surface area contributed by atoms with Gasteiger partial charge in [0.05, 0.1) is 22.1 Å². The first-order valence-corrected chi connectivity index (χ1v) is 13.5. The Morgan fingerprint density at radius 3 is 2.47 bits per heavy atom. The van der Waals surface area contributed by atoms with Crippen molar-refractivity contribution in [2.24, 2.45) is 51.3 Å². The summed E-state index contributed by atoms with van der Waals surface area (Å²) >= 11 is 4.56. The molecule has 0 saturated heterocycles. The van der Waals surface area contributed by atoms with Gasteiger partial charge in [0.15, 0.2) is 22.5 Å². The molecule has 6 fully saturated rings. The van der Waals surface area contributed by atoms with Crippen LogP contribution in [0, 0.1) is 58.0 Å². The summed E-state index contributed by atoms with van der Waals surface area (Å²) in [7, 11) is 0. The summed E-state index contributed by atoms with van der Waals surface area (Å²) in [6, 6.07) is 1.51. The second kappa shape index (κ2) is 6.42. The zero-order valence-electron chi connectivity index (χ0n) is 18.7. The number of nitrogens with one attached hydrogen (secondary N) is 1. The number of esters is 1. The van der Waals surface area contributed by atoms with Crippen molar-refractivity contribution < 1.29 is 28.2 Å². The molecule has 1 aromatic heterocycles. The third-order valence-corrected chi connectivity index (χ3v) is 11.6. The Labute approximate surface area is 215 Å². The maximum atomic E-state index is 14.6. The summed E-state index contributed by atoms with van der Waals surface area (Å²) in [5.74, 6) is -1.84. The van der Waals surface area contributed by atoms with Crippen molar-refractivity contribution >= 4 is 45.0 Å². The predicted octanol–water partition coefficient (Wildman–Crippen LogP) is 3.91. The Balaban J connectivity index is 1.31. The topological polar surface area (TPSA) is 101 Å².